The van der Waals surface area contributed by atoms with Crippen LogP contribution in [0.4, 0.5) is 10.6 Å². The molecule has 1 aromatic carbocycles. The Labute approximate surface area is 171 Å². The molecule has 0 aliphatic carbocycles. The highest BCUT2D eigenvalue weighted by Gasteiger charge is 2.53. The van der Waals surface area contributed by atoms with Crippen molar-refractivity contribution in [3.63, 3.8) is 0 Å². The highest BCUT2D eigenvalue weighted by Crippen LogP contribution is 2.41. The third kappa shape index (κ3) is 3.27. The lowest BCUT2D eigenvalue weighted by Crippen LogP contribution is -2.73. The Balaban J connectivity index is 1.21. The minimum absolute atomic E-state index is 0.0764. The Bertz CT molecular complexity index is 1040. The highest BCUT2D eigenvalue weighted by molar-refractivity contribution is 8.18. The Morgan fingerprint density at radius 3 is 2.55 bits per heavy atom. The number of aromatic nitrogens is 2. The molecule has 2 aromatic rings. The molecular formula is C20H17N5O3S. The predicted molar refractivity (Wildman–Crippen MR) is 108 cm³/mol. The maximum Gasteiger partial charge on any atom is 0.290 e. The molecule has 3 aliphatic rings. The predicted octanol–water partition coefficient (Wildman–Crippen LogP) is 1.76. The quantitative estimate of drug-likeness (QED) is 0.775. The number of nitrogens with one attached hydrogen (secondary N) is 1. The summed E-state index contributed by atoms with van der Waals surface area (Å²) >= 11 is 0.847. The van der Waals surface area contributed by atoms with Crippen LogP contribution in [0.2, 0.25) is 0 Å². The van der Waals surface area contributed by atoms with Crippen LogP contribution in [0, 0.1) is 5.41 Å². The van der Waals surface area contributed by atoms with E-state index in [-0.39, 0.29) is 16.6 Å². The molecule has 0 bridgehead atoms. The minimum atomic E-state index is -0.422. The van der Waals surface area contributed by atoms with Crippen LogP contribution in [0.1, 0.15) is 16.2 Å². The summed E-state index contributed by atoms with van der Waals surface area (Å²) in [5.41, 5.74) is 0.848. The number of benzene rings is 1. The smallest absolute Gasteiger partial charge is 0.290 e. The van der Waals surface area contributed by atoms with Crippen molar-refractivity contribution in [2.45, 2.75) is 0 Å². The fourth-order valence-electron chi connectivity index (χ4n) is 3.94. The molecular weight excluding hydrogens is 390 g/mol. The minimum Gasteiger partial charge on any atom is -0.355 e. The Hall–Kier alpha value is -3.20. The van der Waals surface area contributed by atoms with Gasteiger partial charge in [-0.2, -0.15) is 0 Å². The largest absolute Gasteiger partial charge is 0.355 e. The van der Waals surface area contributed by atoms with Gasteiger partial charge in [0.2, 0.25) is 0 Å². The molecule has 1 N–H and O–H groups in total. The average Bonchev–Trinajstić information content (AvgIpc) is 2.97. The van der Waals surface area contributed by atoms with E-state index >= 15 is 0 Å². The normalized spacial score (nSPS) is 21.2. The third-order valence-corrected chi connectivity index (χ3v) is 6.11. The van der Waals surface area contributed by atoms with Crippen molar-refractivity contribution in [1.82, 2.24) is 20.2 Å². The van der Waals surface area contributed by atoms with E-state index in [2.05, 4.69) is 20.2 Å². The van der Waals surface area contributed by atoms with E-state index in [9.17, 15) is 14.4 Å². The van der Waals surface area contributed by atoms with Gasteiger partial charge in [0, 0.05) is 49.4 Å². The van der Waals surface area contributed by atoms with Gasteiger partial charge in [0.25, 0.3) is 17.1 Å². The number of thioether (sulfide) groups is 1. The summed E-state index contributed by atoms with van der Waals surface area (Å²) in [4.78, 5) is 48.4. The third-order valence-electron chi connectivity index (χ3n) is 5.30. The monoisotopic (exact) mass is 407 g/mol. The van der Waals surface area contributed by atoms with Gasteiger partial charge < -0.3 is 9.80 Å². The molecule has 3 aliphatic heterocycles. The highest BCUT2D eigenvalue weighted by atomic mass is 32.2. The number of amides is 3. The van der Waals surface area contributed by atoms with Crippen molar-refractivity contribution in [3.05, 3.63) is 58.9 Å². The number of carbonyl (C=O) groups is 3. The Kier molecular flexibility index (Phi) is 4.13. The van der Waals surface area contributed by atoms with E-state index in [0.717, 1.165) is 49.3 Å². The molecule has 146 valence electrons. The van der Waals surface area contributed by atoms with Crippen molar-refractivity contribution < 1.29 is 14.4 Å². The fraction of sp³-hybridized carbons (Fsp3) is 0.250. The molecule has 29 heavy (non-hydrogen) atoms. The van der Waals surface area contributed by atoms with Crippen LogP contribution < -0.4 is 10.2 Å². The van der Waals surface area contributed by atoms with E-state index in [1.54, 1.807) is 6.20 Å². The van der Waals surface area contributed by atoms with Crippen LogP contribution in [-0.4, -0.2) is 58.1 Å². The van der Waals surface area contributed by atoms with Gasteiger partial charge in [-0.15, -0.1) is 0 Å². The summed E-state index contributed by atoms with van der Waals surface area (Å²) in [6.45, 7) is 3.15. The van der Waals surface area contributed by atoms with Crippen molar-refractivity contribution in [2.24, 2.45) is 5.41 Å². The van der Waals surface area contributed by atoms with E-state index in [1.807, 2.05) is 41.3 Å². The molecule has 0 atom stereocenters. The first-order chi connectivity index (χ1) is 14.0. The summed E-state index contributed by atoms with van der Waals surface area (Å²) in [5.74, 6) is 0.826. The second-order valence-corrected chi connectivity index (χ2v) is 8.52. The summed E-state index contributed by atoms with van der Waals surface area (Å²) < 4.78 is 0. The summed E-state index contributed by atoms with van der Waals surface area (Å²) in [6.07, 6.45) is 3.17. The van der Waals surface area contributed by atoms with Crippen LogP contribution in [0.15, 0.2) is 47.5 Å². The van der Waals surface area contributed by atoms with Crippen LogP contribution in [0.25, 0.3) is 6.08 Å². The van der Waals surface area contributed by atoms with Gasteiger partial charge in [-0.1, -0.05) is 18.2 Å². The molecule has 3 amide bonds. The molecule has 0 radical (unpaired) electrons. The van der Waals surface area contributed by atoms with Gasteiger partial charge in [0.15, 0.2) is 5.82 Å². The molecule has 3 fully saturated rings. The fourth-order valence-corrected chi connectivity index (χ4v) is 4.60. The lowest BCUT2D eigenvalue weighted by Gasteiger charge is -2.60. The van der Waals surface area contributed by atoms with Crippen LogP contribution in [-0.2, 0) is 4.79 Å². The molecule has 1 aromatic heterocycles. The van der Waals surface area contributed by atoms with E-state index in [4.69, 9.17) is 0 Å². The summed E-state index contributed by atoms with van der Waals surface area (Å²) in [6, 6.07) is 11.2. The lowest BCUT2D eigenvalue weighted by molar-refractivity contribution is -0.115. The Morgan fingerprint density at radius 1 is 1.10 bits per heavy atom. The van der Waals surface area contributed by atoms with Crippen molar-refractivity contribution >= 4 is 40.7 Å². The van der Waals surface area contributed by atoms with Crippen LogP contribution in [0.3, 0.4) is 0 Å². The van der Waals surface area contributed by atoms with Crippen molar-refractivity contribution in [2.75, 3.05) is 31.1 Å². The summed E-state index contributed by atoms with van der Waals surface area (Å²) in [5, 5.41) is 1.83. The number of imide groups is 1. The van der Waals surface area contributed by atoms with Gasteiger partial charge in [0.05, 0.1) is 4.91 Å². The van der Waals surface area contributed by atoms with Crippen molar-refractivity contribution in [3.8, 4) is 0 Å². The number of anilines is 1. The van der Waals surface area contributed by atoms with Gasteiger partial charge >= 0.3 is 0 Å². The SMILES string of the molecule is O=C1NC(=O)/C(=C\c2nccc(N3CC4(CN(C(=O)c5ccccc5)C4)C3)n2)S1. The zero-order valence-corrected chi connectivity index (χ0v) is 16.2. The molecule has 5 rings (SSSR count). The van der Waals surface area contributed by atoms with Gasteiger partial charge in [-0.3, -0.25) is 19.7 Å². The molecule has 0 unspecified atom stereocenters. The first-order valence-corrected chi connectivity index (χ1v) is 10.0. The van der Waals surface area contributed by atoms with E-state index < -0.39 is 5.91 Å². The number of hydrogen-bond donors (Lipinski definition) is 1. The second-order valence-electron chi connectivity index (χ2n) is 7.51. The zero-order valence-electron chi connectivity index (χ0n) is 15.4. The molecule has 3 saturated heterocycles. The van der Waals surface area contributed by atoms with E-state index in [1.165, 1.54) is 6.08 Å². The van der Waals surface area contributed by atoms with Crippen LogP contribution in [0.5, 0.6) is 0 Å². The standard InChI is InChI=1S/C20H17N5O3S/c26-17-14(29-19(28)23-17)8-15-21-7-6-16(22-15)24-9-20(10-24)11-25(12-20)18(27)13-4-2-1-3-5-13/h1-8H,9-12H2,(H,23,26,28)/b14-8+. The topological polar surface area (TPSA) is 95.5 Å². The Morgan fingerprint density at radius 2 is 1.86 bits per heavy atom. The maximum absolute atomic E-state index is 12.5. The molecule has 9 heteroatoms. The maximum atomic E-state index is 12.5. The first-order valence-electron chi connectivity index (χ1n) is 9.19. The van der Waals surface area contributed by atoms with E-state index in [0.29, 0.717) is 10.7 Å². The summed E-state index contributed by atoms with van der Waals surface area (Å²) in [7, 11) is 0. The van der Waals surface area contributed by atoms with Gasteiger partial charge in [-0.05, 0) is 30.0 Å². The van der Waals surface area contributed by atoms with Crippen molar-refractivity contribution in [1.29, 1.82) is 0 Å². The van der Waals surface area contributed by atoms with Gasteiger partial charge in [-0.25, -0.2) is 9.97 Å². The number of rotatable bonds is 3. The second kappa shape index (κ2) is 6.70. The molecule has 4 heterocycles. The first kappa shape index (κ1) is 17.9. The average molecular weight is 407 g/mol. The van der Waals surface area contributed by atoms with Crippen LogP contribution >= 0.6 is 11.8 Å². The number of carbonyl (C=O) groups excluding carboxylic acids is 3. The molecule has 0 saturated carbocycles. The number of hydrogen-bond acceptors (Lipinski definition) is 7. The number of nitrogens with zero attached hydrogens (tertiary/aromatic N) is 4. The molecule has 8 nitrogen and oxygen atoms in total. The molecule has 1 spiro atoms. The lowest BCUT2D eigenvalue weighted by atomic mass is 9.72. The zero-order chi connectivity index (χ0) is 20.0. The number of likely N-dealkylation sites (tertiary alicyclic amines) is 1. The van der Waals surface area contributed by atoms with Gasteiger partial charge in [0.1, 0.15) is 5.82 Å².